The third-order valence-corrected chi connectivity index (χ3v) is 2.56. The molecule has 0 aromatic carbocycles. The van der Waals surface area contributed by atoms with E-state index in [0.29, 0.717) is 5.16 Å². The summed E-state index contributed by atoms with van der Waals surface area (Å²) < 4.78 is 4.94. The third-order valence-electron chi connectivity index (χ3n) is 1.74. The van der Waals surface area contributed by atoms with Gasteiger partial charge in [0.15, 0.2) is 0 Å². The van der Waals surface area contributed by atoms with Crippen LogP contribution in [0, 0.1) is 0 Å². The first kappa shape index (κ1) is 11.6. The summed E-state index contributed by atoms with van der Waals surface area (Å²) in [6.45, 7) is 0. The molecule has 0 aliphatic carbocycles. The van der Waals surface area contributed by atoms with Crippen molar-refractivity contribution in [1.82, 2.24) is 19.9 Å². The summed E-state index contributed by atoms with van der Waals surface area (Å²) in [7, 11) is 1.48. The van der Waals surface area contributed by atoms with Crippen molar-refractivity contribution in [3.63, 3.8) is 0 Å². The molecule has 0 radical (unpaired) electrons. The van der Waals surface area contributed by atoms with Crippen molar-refractivity contribution < 1.29 is 4.74 Å². The highest BCUT2D eigenvalue weighted by Crippen LogP contribution is 2.23. The molecule has 7 nitrogen and oxygen atoms in total. The fraction of sp³-hybridized carbons (Fsp3) is 0.111. The fourth-order valence-electron chi connectivity index (χ4n) is 1.04. The number of hydrogen-bond acceptors (Lipinski definition) is 8. The minimum Gasteiger partial charge on any atom is -0.467 e. The van der Waals surface area contributed by atoms with E-state index in [0.717, 1.165) is 5.03 Å². The summed E-state index contributed by atoms with van der Waals surface area (Å²) in [6, 6.07) is 5.78. The highest BCUT2D eigenvalue weighted by atomic mass is 32.2. The first-order valence-electron chi connectivity index (χ1n) is 4.67. The number of nitrogens with zero attached hydrogens (tertiary/aromatic N) is 4. The lowest BCUT2D eigenvalue weighted by molar-refractivity contribution is 0.373. The molecule has 88 valence electrons. The Hall–Kier alpha value is -1.93. The fourth-order valence-corrected chi connectivity index (χ4v) is 1.74. The number of nitrogens with two attached hydrogens (primary N) is 1. The minimum atomic E-state index is 0.200. The largest absolute Gasteiger partial charge is 0.467 e. The molecule has 0 aliphatic heterocycles. The molecule has 0 amide bonds. The zero-order valence-electron chi connectivity index (χ0n) is 8.99. The summed E-state index contributed by atoms with van der Waals surface area (Å²) in [5, 5.41) is 1.24. The van der Waals surface area contributed by atoms with Gasteiger partial charge in [-0.05, 0) is 23.9 Å². The van der Waals surface area contributed by atoms with Crippen molar-refractivity contribution in [2.45, 2.75) is 10.2 Å². The quantitative estimate of drug-likeness (QED) is 0.604. The summed E-state index contributed by atoms with van der Waals surface area (Å²) in [5.41, 5.74) is 2.35. The lowest BCUT2D eigenvalue weighted by Crippen LogP contribution is -2.12. The van der Waals surface area contributed by atoms with Gasteiger partial charge < -0.3 is 4.74 Å². The van der Waals surface area contributed by atoms with E-state index in [9.17, 15) is 0 Å². The molecular formula is C9H10N6OS. The number of ether oxygens (including phenoxy) is 1. The number of pyridine rings is 1. The molecule has 0 spiro atoms. The van der Waals surface area contributed by atoms with Crippen LogP contribution in [0.25, 0.3) is 0 Å². The smallest absolute Gasteiger partial charge is 0.322 e. The molecule has 0 fully saturated rings. The van der Waals surface area contributed by atoms with E-state index in [2.05, 4.69) is 25.4 Å². The molecule has 0 saturated carbocycles. The molecule has 0 aliphatic rings. The molecule has 8 heteroatoms. The van der Waals surface area contributed by atoms with Gasteiger partial charge in [-0.25, -0.2) is 10.8 Å². The second kappa shape index (κ2) is 5.41. The lowest BCUT2D eigenvalue weighted by atomic mass is 10.5. The zero-order valence-corrected chi connectivity index (χ0v) is 9.81. The van der Waals surface area contributed by atoms with Gasteiger partial charge in [0, 0.05) is 6.20 Å². The van der Waals surface area contributed by atoms with Crippen LogP contribution in [0.1, 0.15) is 0 Å². The van der Waals surface area contributed by atoms with Crippen LogP contribution in [0.3, 0.4) is 0 Å². The predicted molar refractivity (Wildman–Crippen MR) is 62.5 cm³/mol. The van der Waals surface area contributed by atoms with Gasteiger partial charge in [-0.3, -0.25) is 5.43 Å². The van der Waals surface area contributed by atoms with E-state index >= 15 is 0 Å². The molecule has 2 heterocycles. The van der Waals surface area contributed by atoms with Crippen molar-refractivity contribution in [1.29, 1.82) is 0 Å². The SMILES string of the molecule is COc1nc(NN)nc(Sc2ccccn2)n1. The lowest BCUT2D eigenvalue weighted by Gasteiger charge is -2.04. The van der Waals surface area contributed by atoms with Gasteiger partial charge in [0.1, 0.15) is 5.03 Å². The Morgan fingerprint density at radius 1 is 1.29 bits per heavy atom. The first-order chi connectivity index (χ1) is 8.31. The van der Waals surface area contributed by atoms with Gasteiger partial charge >= 0.3 is 6.01 Å². The van der Waals surface area contributed by atoms with E-state index < -0.39 is 0 Å². The molecule has 0 unspecified atom stereocenters. The molecular weight excluding hydrogens is 240 g/mol. The molecule has 0 atom stereocenters. The normalized spacial score (nSPS) is 10.0. The minimum absolute atomic E-state index is 0.200. The monoisotopic (exact) mass is 250 g/mol. The number of hydrazine groups is 1. The highest BCUT2D eigenvalue weighted by Gasteiger charge is 2.07. The molecule has 3 N–H and O–H groups in total. The molecule has 2 rings (SSSR count). The Balaban J connectivity index is 2.26. The number of hydrogen-bond donors (Lipinski definition) is 2. The molecule has 2 aromatic rings. The van der Waals surface area contributed by atoms with Crippen LogP contribution in [0.4, 0.5) is 5.95 Å². The van der Waals surface area contributed by atoms with E-state index in [1.54, 1.807) is 6.20 Å². The number of anilines is 1. The standard InChI is InChI=1S/C9H10N6OS/c1-16-8-12-7(15-10)13-9(14-8)17-6-4-2-3-5-11-6/h2-5H,10H2,1H3,(H,12,13,14,15). The van der Waals surface area contributed by atoms with E-state index in [4.69, 9.17) is 10.6 Å². The number of nitrogen functional groups attached to an aromatic ring is 1. The Bertz CT molecular complexity index is 472. The Labute approximate surface area is 102 Å². The van der Waals surface area contributed by atoms with Crippen molar-refractivity contribution in [2.75, 3.05) is 12.5 Å². The van der Waals surface area contributed by atoms with Crippen molar-refractivity contribution in [3.05, 3.63) is 24.4 Å². The van der Waals surface area contributed by atoms with Crippen LogP contribution in [0.15, 0.2) is 34.6 Å². The topological polar surface area (TPSA) is 98.8 Å². The zero-order chi connectivity index (χ0) is 12.1. The van der Waals surface area contributed by atoms with Gasteiger partial charge in [0.2, 0.25) is 11.1 Å². The third kappa shape index (κ3) is 3.02. The number of rotatable bonds is 4. The maximum Gasteiger partial charge on any atom is 0.322 e. The number of aromatic nitrogens is 4. The van der Waals surface area contributed by atoms with Crippen molar-refractivity contribution in [2.24, 2.45) is 5.84 Å². The average molecular weight is 250 g/mol. The van der Waals surface area contributed by atoms with E-state index in [1.807, 2.05) is 18.2 Å². The van der Waals surface area contributed by atoms with Crippen LogP contribution in [0.5, 0.6) is 6.01 Å². The van der Waals surface area contributed by atoms with Gasteiger partial charge in [-0.1, -0.05) is 6.07 Å². The number of methoxy groups -OCH3 is 1. The van der Waals surface area contributed by atoms with Crippen molar-refractivity contribution in [3.8, 4) is 6.01 Å². The number of nitrogens with one attached hydrogen (secondary N) is 1. The molecule has 2 aromatic heterocycles. The van der Waals surface area contributed by atoms with Crippen LogP contribution >= 0.6 is 11.8 Å². The Morgan fingerprint density at radius 3 is 2.82 bits per heavy atom. The van der Waals surface area contributed by atoms with E-state index in [-0.39, 0.29) is 12.0 Å². The van der Waals surface area contributed by atoms with Gasteiger partial charge in [0.25, 0.3) is 0 Å². The summed E-state index contributed by atoms with van der Waals surface area (Å²) in [5.74, 6) is 5.50. The summed E-state index contributed by atoms with van der Waals surface area (Å²) in [4.78, 5) is 16.2. The van der Waals surface area contributed by atoms with Crippen LogP contribution in [-0.2, 0) is 0 Å². The highest BCUT2D eigenvalue weighted by molar-refractivity contribution is 7.99. The second-order valence-electron chi connectivity index (χ2n) is 2.84. The molecule has 0 saturated heterocycles. The van der Waals surface area contributed by atoms with E-state index in [1.165, 1.54) is 18.9 Å². The van der Waals surface area contributed by atoms with Gasteiger partial charge in [-0.2, -0.15) is 15.0 Å². The predicted octanol–water partition coefficient (Wildman–Crippen LogP) is 0.712. The first-order valence-corrected chi connectivity index (χ1v) is 5.49. The Kier molecular flexibility index (Phi) is 3.68. The second-order valence-corrected chi connectivity index (χ2v) is 3.83. The average Bonchev–Trinajstić information content (AvgIpc) is 2.39. The Morgan fingerprint density at radius 2 is 2.18 bits per heavy atom. The van der Waals surface area contributed by atoms with Crippen LogP contribution in [-0.4, -0.2) is 27.0 Å². The molecule has 17 heavy (non-hydrogen) atoms. The maximum atomic E-state index is 5.25. The van der Waals surface area contributed by atoms with Crippen molar-refractivity contribution >= 4 is 17.7 Å². The van der Waals surface area contributed by atoms with Gasteiger partial charge in [-0.15, -0.1) is 0 Å². The summed E-state index contributed by atoms with van der Waals surface area (Å²) in [6.07, 6.45) is 1.70. The van der Waals surface area contributed by atoms with Crippen LogP contribution in [0.2, 0.25) is 0 Å². The van der Waals surface area contributed by atoms with Crippen LogP contribution < -0.4 is 16.0 Å². The summed E-state index contributed by atoms with van der Waals surface area (Å²) >= 11 is 1.30. The molecule has 0 bridgehead atoms. The van der Waals surface area contributed by atoms with Gasteiger partial charge in [0.05, 0.1) is 7.11 Å². The maximum absolute atomic E-state index is 5.25.